The van der Waals surface area contributed by atoms with Crippen LogP contribution in [0, 0.1) is 23.2 Å². The first-order valence-electron chi connectivity index (χ1n) is 7.48. The third kappa shape index (κ3) is 14.8. The zero-order valence-electron chi connectivity index (χ0n) is 15.4. The van der Waals surface area contributed by atoms with Crippen molar-refractivity contribution in [3.63, 3.8) is 0 Å². The highest BCUT2D eigenvalue weighted by atomic mass is 16.4. The van der Waals surface area contributed by atoms with Crippen LogP contribution in [0.15, 0.2) is 0 Å². The first kappa shape index (κ1) is 26.8. The lowest BCUT2D eigenvalue weighted by Gasteiger charge is -2.25. The van der Waals surface area contributed by atoms with Crippen LogP contribution >= 0.6 is 0 Å². The van der Waals surface area contributed by atoms with E-state index in [0.29, 0.717) is 0 Å². The quantitative estimate of drug-likeness (QED) is 0.571. The van der Waals surface area contributed by atoms with E-state index in [0.717, 1.165) is 0 Å². The van der Waals surface area contributed by atoms with Gasteiger partial charge in [-0.05, 0) is 19.8 Å². The summed E-state index contributed by atoms with van der Waals surface area (Å²) < 4.78 is 0. The highest BCUT2D eigenvalue weighted by Crippen LogP contribution is 2.29. The average Bonchev–Trinajstić information content (AvgIpc) is 2.38. The Morgan fingerprint density at radius 2 is 1.00 bits per heavy atom. The molecule has 0 aliphatic heterocycles. The Bertz CT molecular complexity index is 406. The summed E-state index contributed by atoms with van der Waals surface area (Å²) in [5, 5.41) is 33.1. The largest absolute Gasteiger partial charge is 0.481 e. The normalized spacial score (nSPS) is 11.5. The minimum absolute atomic E-state index is 0.112. The Balaban J connectivity index is -0.000000309. The molecule has 4 N–H and O–H groups in total. The minimum Gasteiger partial charge on any atom is -0.481 e. The van der Waals surface area contributed by atoms with Crippen molar-refractivity contribution in [2.24, 2.45) is 23.2 Å². The summed E-state index contributed by atoms with van der Waals surface area (Å²) in [4.78, 5) is 40.3. The van der Waals surface area contributed by atoms with Crippen LogP contribution < -0.4 is 0 Å². The lowest BCUT2D eigenvalue weighted by Crippen LogP contribution is -2.32. The zero-order chi connectivity index (χ0) is 20.2. The molecular weight excluding hydrogens is 320 g/mol. The molecule has 0 radical (unpaired) electrons. The maximum atomic E-state index is 10.7. The van der Waals surface area contributed by atoms with Gasteiger partial charge >= 0.3 is 23.9 Å². The monoisotopic (exact) mass is 350 g/mol. The summed E-state index contributed by atoms with van der Waals surface area (Å²) in [5.74, 6) is -4.24. The molecule has 0 aliphatic carbocycles. The van der Waals surface area contributed by atoms with E-state index in [1.807, 2.05) is 0 Å². The van der Waals surface area contributed by atoms with Crippen molar-refractivity contribution in [3.05, 3.63) is 0 Å². The van der Waals surface area contributed by atoms with Crippen LogP contribution in [0.25, 0.3) is 0 Å². The number of hydrogen-bond donors (Lipinski definition) is 4. The summed E-state index contributed by atoms with van der Waals surface area (Å²) in [7, 11) is 0. The summed E-state index contributed by atoms with van der Waals surface area (Å²) in [6.45, 7) is 11.3. The molecule has 1 unspecified atom stereocenters. The molecule has 8 heteroatoms. The van der Waals surface area contributed by atoms with Crippen molar-refractivity contribution in [2.75, 3.05) is 0 Å². The van der Waals surface area contributed by atoms with Crippen LogP contribution in [0.3, 0.4) is 0 Å². The number of carbonyl (C=O) groups is 4. The molecule has 0 aliphatic rings. The third-order valence-electron chi connectivity index (χ3n) is 3.25. The van der Waals surface area contributed by atoms with E-state index in [1.165, 1.54) is 13.8 Å². The molecule has 0 aromatic heterocycles. The van der Waals surface area contributed by atoms with Crippen LogP contribution in [-0.2, 0) is 19.2 Å². The summed E-state index contributed by atoms with van der Waals surface area (Å²) in [6, 6.07) is 0. The van der Waals surface area contributed by atoms with E-state index >= 15 is 0 Å². The average molecular weight is 350 g/mol. The Hall–Kier alpha value is -2.12. The maximum Gasteiger partial charge on any atom is 0.309 e. The molecule has 0 saturated carbocycles. The number of rotatable bonds is 6. The van der Waals surface area contributed by atoms with Crippen molar-refractivity contribution in [3.8, 4) is 0 Å². The summed E-state index contributed by atoms with van der Waals surface area (Å²) in [5.41, 5.74) is -0.974. The number of aliphatic carboxylic acids is 4. The highest BCUT2D eigenvalue weighted by Gasteiger charge is 2.34. The van der Waals surface area contributed by atoms with Gasteiger partial charge in [-0.2, -0.15) is 0 Å². The fourth-order valence-corrected chi connectivity index (χ4v) is 0.728. The molecule has 0 saturated heterocycles. The Labute approximate surface area is 142 Å². The maximum absolute atomic E-state index is 10.7. The van der Waals surface area contributed by atoms with Gasteiger partial charge in [0.25, 0.3) is 0 Å². The standard InChI is InChI=1S/C8H14O4.2C4H8O2/c1-5(4-6(9)10)8(2,3)7(11)12;2*1-3(2)4(5)6/h5H,4H2,1-3H3,(H,9,10)(H,11,12);2*3H,1-2H3,(H,5,6). The van der Waals surface area contributed by atoms with Gasteiger partial charge in [-0.1, -0.05) is 34.6 Å². The Kier molecular flexibility index (Phi) is 13.7. The van der Waals surface area contributed by atoms with Crippen LogP contribution in [0.5, 0.6) is 0 Å². The molecule has 0 amide bonds. The van der Waals surface area contributed by atoms with Gasteiger partial charge in [0.2, 0.25) is 0 Å². The highest BCUT2D eigenvalue weighted by molar-refractivity contribution is 5.75. The number of carboxylic acids is 4. The van der Waals surface area contributed by atoms with Crippen LogP contribution in [0.4, 0.5) is 0 Å². The second kappa shape index (κ2) is 12.3. The van der Waals surface area contributed by atoms with E-state index in [-0.39, 0.29) is 24.2 Å². The summed E-state index contributed by atoms with van der Waals surface area (Å²) >= 11 is 0. The predicted molar refractivity (Wildman–Crippen MR) is 87.8 cm³/mol. The molecular formula is C16H30O8. The molecule has 8 nitrogen and oxygen atoms in total. The Morgan fingerprint density at radius 3 is 1.12 bits per heavy atom. The van der Waals surface area contributed by atoms with Gasteiger partial charge in [-0.3, -0.25) is 19.2 Å². The molecule has 0 aromatic carbocycles. The van der Waals surface area contributed by atoms with E-state index in [4.69, 9.17) is 20.4 Å². The first-order valence-corrected chi connectivity index (χ1v) is 7.48. The fourth-order valence-electron chi connectivity index (χ4n) is 0.728. The number of hydrogen-bond acceptors (Lipinski definition) is 4. The minimum atomic E-state index is -0.974. The fraction of sp³-hybridized carbons (Fsp3) is 0.750. The van der Waals surface area contributed by atoms with E-state index in [9.17, 15) is 19.2 Å². The SMILES string of the molecule is CC(C)C(=O)O.CC(C)C(=O)O.CC(CC(=O)O)C(C)(C)C(=O)O. The van der Waals surface area contributed by atoms with E-state index in [1.54, 1.807) is 34.6 Å². The molecule has 0 fully saturated rings. The zero-order valence-corrected chi connectivity index (χ0v) is 15.4. The van der Waals surface area contributed by atoms with Crippen LogP contribution in [0.2, 0.25) is 0 Å². The van der Waals surface area contributed by atoms with E-state index < -0.39 is 29.3 Å². The Morgan fingerprint density at radius 1 is 0.750 bits per heavy atom. The molecule has 0 rings (SSSR count). The molecule has 0 heterocycles. The van der Waals surface area contributed by atoms with Crippen molar-refractivity contribution >= 4 is 23.9 Å². The second-order valence-corrected chi connectivity index (χ2v) is 6.51. The molecule has 0 spiro atoms. The molecule has 0 bridgehead atoms. The topological polar surface area (TPSA) is 149 Å². The van der Waals surface area contributed by atoms with Crippen LogP contribution in [-0.4, -0.2) is 44.3 Å². The lowest BCUT2D eigenvalue weighted by atomic mass is 9.78. The summed E-state index contributed by atoms with van der Waals surface area (Å²) in [6.07, 6.45) is -0.112. The van der Waals surface area contributed by atoms with Gasteiger partial charge in [0, 0.05) is 6.42 Å². The first-order chi connectivity index (χ1) is 10.6. The third-order valence-corrected chi connectivity index (χ3v) is 3.25. The van der Waals surface area contributed by atoms with Gasteiger partial charge in [0.15, 0.2) is 0 Å². The number of carboxylic acid groups (broad SMARTS) is 4. The molecule has 1 atom stereocenters. The van der Waals surface area contributed by atoms with Gasteiger partial charge in [-0.15, -0.1) is 0 Å². The van der Waals surface area contributed by atoms with E-state index in [2.05, 4.69) is 0 Å². The molecule has 24 heavy (non-hydrogen) atoms. The molecule has 142 valence electrons. The van der Waals surface area contributed by atoms with Gasteiger partial charge in [0.1, 0.15) is 0 Å². The lowest BCUT2D eigenvalue weighted by molar-refractivity contribution is -0.151. The molecule has 0 aromatic rings. The van der Waals surface area contributed by atoms with Gasteiger partial charge in [0.05, 0.1) is 17.3 Å². The van der Waals surface area contributed by atoms with Gasteiger partial charge < -0.3 is 20.4 Å². The van der Waals surface area contributed by atoms with Crippen molar-refractivity contribution in [1.82, 2.24) is 0 Å². The van der Waals surface area contributed by atoms with Crippen molar-refractivity contribution in [2.45, 2.75) is 54.9 Å². The van der Waals surface area contributed by atoms with Crippen molar-refractivity contribution in [1.29, 1.82) is 0 Å². The predicted octanol–water partition coefficient (Wildman–Crippen LogP) is 2.66. The van der Waals surface area contributed by atoms with Crippen LogP contribution in [0.1, 0.15) is 54.9 Å². The van der Waals surface area contributed by atoms with Gasteiger partial charge in [-0.25, -0.2) is 0 Å². The smallest absolute Gasteiger partial charge is 0.309 e. The van der Waals surface area contributed by atoms with Crippen molar-refractivity contribution < 1.29 is 39.6 Å². The second-order valence-electron chi connectivity index (χ2n) is 6.51.